The maximum Gasteiger partial charge on any atom is 0.355 e. The smallest absolute Gasteiger partial charge is 0.355 e. The molecule has 1 N–H and O–H groups in total. The Kier molecular flexibility index (Phi) is 8.42. The van der Waals surface area contributed by atoms with E-state index in [1.54, 1.807) is 21.3 Å². The number of benzene rings is 1. The van der Waals surface area contributed by atoms with E-state index in [0.29, 0.717) is 53.5 Å². The van der Waals surface area contributed by atoms with E-state index in [1.807, 2.05) is 19.1 Å². The second kappa shape index (κ2) is 11.3. The van der Waals surface area contributed by atoms with Gasteiger partial charge in [-0.3, -0.25) is 4.79 Å². The molecule has 0 radical (unpaired) electrons. The minimum absolute atomic E-state index is 0.0161. The monoisotopic (exact) mass is 457 g/mol. The average molecular weight is 458 g/mol. The third kappa shape index (κ3) is 5.34. The van der Waals surface area contributed by atoms with Crippen LogP contribution < -0.4 is 14.2 Å². The van der Waals surface area contributed by atoms with E-state index in [1.165, 1.54) is 12.8 Å². The number of carbonyl (C=O) groups is 2. The highest BCUT2D eigenvalue weighted by molar-refractivity contribution is 6.03. The van der Waals surface area contributed by atoms with Crippen LogP contribution in [0.4, 0.5) is 0 Å². The lowest BCUT2D eigenvalue weighted by atomic mass is 9.81. The highest BCUT2D eigenvalue weighted by Gasteiger charge is 2.33. The van der Waals surface area contributed by atoms with Crippen LogP contribution in [0, 0.1) is 6.92 Å². The molecular formula is C26H35NO6. The summed E-state index contributed by atoms with van der Waals surface area (Å²) >= 11 is 0. The fourth-order valence-corrected chi connectivity index (χ4v) is 4.55. The lowest BCUT2D eigenvalue weighted by Gasteiger charge is -2.24. The summed E-state index contributed by atoms with van der Waals surface area (Å²) in [4.78, 5) is 28.9. The maximum absolute atomic E-state index is 13.1. The van der Waals surface area contributed by atoms with Gasteiger partial charge in [0.15, 0.2) is 17.3 Å². The third-order valence-electron chi connectivity index (χ3n) is 6.33. The number of aromatic nitrogens is 1. The highest BCUT2D eigenvalue weighted by atomic mass is 16.5. The van der Waals surface area contributed by atoms with Gasteiger partial charge in [0.05, 0.1) is 27.9 Å². The first-order valence-electron chi connectivity index (χ1n) is 11.7. The predicted octanol–water partition coefficient (Wildman–Crippen LogP) is 5.39. The van der Waals surface area contributed by atoms with Gasteiger partial charge >= 0.3 is 5.97 Å². The van der Waals surface area contributed by atoms with Crippen LogP contribution in [0.5, 0.6) is 17.2 Å². The summed E-state index contributed by atoms with van der Waals surface area (Å²) in [5.41, 5.74) is 3.37. The normalized spacial score (nSPS) is 15.2. The van der Waals surface area contributed by atoms with Crippen molar-refractivity contribution < 1.29 is 28.5 Å². The second-order valence-electron chi connectivity index (χ2n) is 8.52. The van der Waals surface area contributed by atoms with Crippen LogP contribution in [0.25, 0.3) is 0 Å². The quantitative estimate of drug-likeness (QED) is 0.360. The fraction of sp³-hybridized carbons (Fsp3) is 0.538. The van der Waals surface area contributed by atoms with Crippen LogP contribution in [0.2, 0.25) is 0 Å². The molecule has 1 aromatic heterocycles. The van der Waals surface area contributed by atoms with E-state index in [0.717, 1.165) is 30.5 Å². The summed E-state index contributed by atoms with van der Waals surface area (Å²) in [7, 11) is 4.70. The second-order valence-corrected chi connectivity index (χ2v) is 8.52. The van der Waals surface area contributed by atoms with E-state index in [4.69, 9.17) is 18.9 Å². The zero-order valence-corrected chi connectivity index (χ0v) is 20.3. The molecule has 33 heavy (non-hydrogen) atoms. The Morgan fingerprint density at radius 2 is 1.67 bits per heavy atom. The molecule has 180 valence electrons. The van der Waals surface area contributed by atoms with Crippen molar-refractivity contribution in [1.82, 2.24) is 4.98 Å². The fourth-order valence-electron chi connectivity index (χ4n) is 4.55. The summed E-state index contributed by atoms with van der Waals surface area (Å²) in [6, 6.07) is 3.77. The topological polar surface area (TPSA) is 86.9 Å². The Morgan fingerprint density at radius 3 is 2.27 bits per heavy atom. The van der Waals surface area contributed by atoms with Gasteiger partial charge in [-0.2, -0.15) is 0 Å². The number of ether oxygens (including phenoxy) is 4. The van der Waals surface area contributed by atoms with Gasteiger partial charge in [-0.05, 0) is 48.9 Å². The maximum atomic E-state index is 13.1. The van der Waals surface area contributed by atoms with Crippen LogP contribution >= 0.6 is 0 Å². The van der Waals surface area contributed by atoms with Gasteiger partial charge in [-0.1, -0.05) is 32.6 Å². The standard InChI is InChI=1S/C26H35NO6/c1-6-7-8-9-10-11-33-26(29)24-16(2)23-19(27-24)12-17(13-20(23)28)18-14-21(30-3)25(32-5)22(15-18)31-4/h14-15,17,27H,6-13H2,1-5H3. The molecule has 1 heterocycles. The third-order valence-corrected chi connectivity index (χ3v) is 6.33. The number of fused-ring (bicyclic) bond motifs is 1. The molecule has 2 aromatic rings. The van der Waals surface area contributed by atoms with E-state index >= 15 is 0 Å². The summed E-state index contributed by atoms with van der Waals surface area (Å²) in [6.45, 7) is 4.38. The van der Waals surface area contributed by atoms with Crippen molar-refractivity contribution in [2.24, 2.45) is 0 Å². The number of ketones is 1. The van der Waals surface area contributed by atoms with E-state index < -0.39 is 5.97 Å². The zero-order chi connectivity index (χ0) is 24.0. The molecule has 1 aromatic carbocycles. The van der Waals surface area contributed by atoms with Gasteiger partial charge in [-0.15, -0.1) is 0 Å². The molecule has 3 rings (SSSR count). The van der Waals surface area contributed by atoms with E-state index in [-0.39, 0.29) is 11.7 Å². The van der Waals surface area contributed by atoms with Crippen LogP contribution in [0.15, 0.2) is 12.1 Å². The van der Waals surface area contributed by atoms with Crippen LogP contribution in [0.1, 0.15) is 89.0 Å². The number of hydrogen-bond acceptors (Lipinski definition) is 6. The molecule has 0 bridgehead atoms. The van der Waals surface area contributed by atoms with Gasteiger partial charge in [0.2, 0.25) is 5.75 Å². The molecule has 1 aliphatic rings. The number of aromatic amines is 1. The summed E-state index contributed by atoms with van der Waals surface area (Å²) in [5, 5.41) is 0. The first kappa shape index (κ1) is 24.7. The van der Waals surface area contributed by atoms with Crippen molar-refractivity contribution in [3.63, 3.8) is 0 Å². The van der Waals surface area contributed by atoms with Crippen molar-refractivity contribution in [2.45, 2.75) is 64.7 Å². The lowest BCUT2D eigenvalue weighted by molar-refractivity contribution is 0.0490. The number of rotatable bonds is 11. The number of hydrogen-bond donors (Lipinski definition) is 1. The van der Waals surface area contributed by atoms with Gasteiger partial charge in [0.25, 0.3) is 0 Å². The Morgan fingerprint density at radius 1 is 1.00 bits per heavy atom. The highest BCUT2D eigenvalue weighted by Crippen LogP contribution is 2.43. The van der Waals surface area contributed by atoms with Crippen molar-refractivity contribution in [3.05, 3.63) is 40.2 Å². The van der Waals surface area contributed by atoms with Crippen molar-refractivity contribution in [1.29, 1.82) is 0 Å². The number of carbonyl (C=O) groups excluding carboxylic acids is 2. The van der Waals surface area contributed by atoms with Gasteiger partial charge < -0.3 is 23.9 Å². The van der Waals surface area contributed by atoms with Crippen LogP contribution in [-0.2, 0) is 11.2 Å². The first-order chi connectivity index (χ1) is 15.9. The number of nitrogens with one attached hydrogen (secondary N) is 1. The molecule has 0 saturated heterocycles. The van der Waals surface area contributed by atoms with E-state index in [2.05, 4.69) is 11.9 Å². The summed E-state index contributed by atoms with van der Waals surface area (Å²) in [5.74, 6) is 1.17. The molecule has 1 atom stereocenters. The van der Waals surface area contributed by atoms with Gasteiger partial charge in [0, 0.05) is 17.7 Å². The Balaban J connectivity index is 1.77. The van der Waals surface area contributed by atoms with Crippen LogP contribution in [-0.4, -0.2) is 44.7 Å². The molecule has 0 amide bonds. The minimum atomic E-state index is -0.394. The Hall–Kier alpha value is -2.96. The first-order valence-corrected chi connectivity index (χ1v) is 11.7. The van der Waals surface area contributed by atoms with Crippen molar-refractivity contribution in [2.75, 3.05) is 27.9 Å². The Labute approximate surface area is 195 Å². The molecule has 0 fully saturated rings. The number of H-pyrrole nitrogens is 1. The number of methoxy groups -OCH3 is 3. The Bertz CT molecular complexity index is 968. The van der Waals surface area contributed by atoms with Crippen molar-refractivity contribution >= 4 is 11.8 Å². The molecular weight excluding hydrogens is 422 g/mol. The molecule has 0 spiro atoms. The largest absolute Gasteiger partial charge is 0.493 e. The molecule has 7 nitrogen and oxygen atoms in total. The molecule has 7 heteroatoms. The molecule has 0 aliphatic heterocycles. The number of Topliss-reactive ketones (excluding diaryl/α,β-unsaturated/α-hetero) is 1. The SMILES string of the molecule is CCCCCCCOC(=O)c1[nH]c2c(c1C)C(=O)CC(c1cc(OC)c(OC)c(OC)c1)C2. The van der Waals surface area contributed by atoms with E-state index in [9.17, 15) is 9.59 Å². The predicted molar refractivity (Wildman–Crippen MR) is 126 cm³/mol. The van der Waals surface area contributed by atoms with Gasteiger partial charge in [0.1, 0.15) is 5.69 Å². The molecule has 0 saturated carbocycles. The summed E-state index contributed by atoms with van der Waals surface area (Å²) < 4.78 is 21.8. The van der Waals surface area contributed by atoms with Crippen LogP contribution in [0.3, 0.4) is 0 Å². The molecule has 1 aliphatic carbocycles. The summed E-state index contributed by atoms with van der Waals surface area (Å²) in [6.07, 6.45) is 6.38. The zero-order valence-electron chi connectivity index (χ0n) is 20.3. The molecule has 1 unspecified atom stereocenters. The van der Waals surface area contributed by atoms with Gasteiger partial charge in [-0.25, -0.2) is 4.79 Å². The van der Waals surface area contributed by atoms with Crippen molar-refractivity contribution in [3.8, 4) is 17.2 Å². The average Bonchev–Trinajstić information content (AvgIpc) is 3.16. The number of esters is 1. The number of unbranched alkanes of at least 4 members (excludes halogenated alkanes) is 4. The minimum Gasteiger partial charge on any atom is -0.493 e. The lowest BCUT2D eigenvalue weighted by Crippen LogP contribution is -2.19.